The number of rotatable bonds is 4. The van der Waals surface area contributed by atoms with E-state index in [1.54, 1.807) is 0 Å². The third kappa shape index (κ3) is 3.71. The lowest BCUT2D eigenvalue weighted by Gasteiger charge is -2.29. The molecule has 0 aliphatic heterocycles. The summed E-state index contributed by atoms with van der Waals surface area (Å²) >= 11 is 0. The van der Waals surface area contributed by atoms with Crippen LogP contribution in [0.25, 0.3) is 0 Å². The molecule has 2 aliphatic rings. The number of hydrogen-bond donors (Lipinski definition) is 2. The Morgan fingerprint density at radius 1 is 1.05 bits per heavy atom. The van der Waals surface area contributed by atoms with E-state index in [-0.39, 0.29) is 23.8 Å². The molecule has 4 heteroatoms. The number of carboxylic acid groups (broad SMARTS) is 1. The van der Waals surface area contributed by atoms with Crippen LogP contribution in [0.2, 0.25) is 0 Å². The van der Waals surface area contributed by atoms with Gasteiger partial charge in [0.25, 0.3) is 0 Å². The summed E-state index contributed by atoms with van der Waals surface area (Å²) in [7, 11) is 0. The molecule has 0 radical (unpaired) electrons. The summed E-state index contributed by atoms with van der Waals surface area (Å²) in [6.07, 6.45) is 8.17. The fourth-order valence-electron chi connectivity index (χ4n) is 3.54. The largest absolute Gasteiger partial charge is 0.481 e. The number of carbonyl (C=O) groups excluding carboxylic acids is 1. The first kappa shape index (κ1) is 14.4. The highest BCUT2D eigenvalue weighted by molar-refractivity contribution is 5.81. The van der Waals surface area contributed by atoms with Crippen LogP contribution in [0.5, 0.6) is 0 Å². The third-order valence-corrected chi connectivity index (χ3v) is 4.88. The number of hydrogen-bond acceptors (Lipinski definition) is 2. The van der Waals surface area contributed by atoms with Crippen LogP contribution in [0, 0.1) is 17.8 Å². The summed E-state index contributed by atoms with van der Waals surface area (Å²) in [5, 5.41) is 12.1. The van der Waals surface area contributed by atoms with Crippen molar-refractivity contribution in [2.45, 2.75) is 64.3 Å². The maximum absolute atomic E-state index is 12.2. The van der Waals surface area contributed by atoms with Crippen LogP contribution in [0.1, 0.15) is 58.3 Å². The topological polar surface area (TPSA) is 66.4 Å². The molecule has 3 atom stereocenters. The quantitative estimate of drug-likeness (QED) is 0.822. The number of carboxylic acids is 1. The van der Waals surface area contributed by atoms with Gasteiger partial charge in [-0.2, -0.15) is 0 Å². The predicted molar refractivity (Wildman–Crippen MR) is 72.6 cm³/mol. The third-order valence-electron chi connectivity index (χ3n) is 4.88. The summed E-state index contributed by atoms with van der Waals surface area (Å²) in [5.41, 5.74) is 0. The van der Waals surface area contributed by atoms with E-state index in [0.29, 0.717) is 18.8 Å². The van der Waals surface area contributed by atoms with Gasteiger partial charge in [0.1, 0.15) is 0 Å². The maximum atomic E-state index is 12.2. The normalized spacial score (nSPS) is 29.9. The summed E-state index contributed by atoms with van der Waals surface area (Å²) < 4.78 is 0. The van der Waals surface area contributed by atoms with E-state index >= 15 is 0 Å². The van der Waals surface area contributed by atoms with Gasteiger partial charge in [0.05, 0.1) is 5.92 Å². The van der Waals surface area contributed by atoms with Crippen molar-refractivity contribution in [2.75, 3.05) is 0 Å². The van der Waals surface area contributed by atoms with Crippen molar-refractivity contribution in [3.8, 4) is 0 Å². The van der Waals surface area contributed by atoms with Crippen molar-refractivity contribution in [1.29, 1.82) is 0 Å². The van der Waals surface area contributed by atoms with E-state index in [0.717, 1.165) is 6.42 Å². The molecule has 0 bridgehead atoms. The molecule has 2 fully saturated rings. The smallest absolute Gasteiger partial charge is 0.306 e. The molecule has 3 unspecified atom stereocenters. The molecule has 108 valence electrons. The van der Waals surface area contributed by atoms with Crippen molar-refractivity contribution in [3.05, 3.63) is 0 Å². The number of amides is 1. The van der Waals surface area contributed by atoms with Gasteiger partial charge in [-0.25, -0.2) is 0 Å². The lowest BCUT2D eigenvalue weighted by molar-refractivity contribution is -0.141. The van der Waals surface area contributed by atoms with Crippen molar-refractivity contribution in [3.63, 3.8) is 0 Å². The molecule has 2 aliphatic carbocycles. The lowest BCUT2D eigenvalue weighted by Crippen LogP contribution is -2.41. The van der Waals surface area contributed by atoms with Crippen molar-refractivity contribution < 1.29 is 14.7 Å². The van der Waals surface area contributed by atoms with Crippen LogP contribution in [-0.2, 0) is 9.59 Å². The molecule has 0 spiro atoms. The fraction of sp³-hybridized carbons (Fsp3) is 0.867. The van der Waals surface area contributed by atoms with Gasteiger partial charge >= 0.3 is 5.97 Å². The van der Waals surface area contributed by atoms with Crippen molar-refractivity contribution in [1.82, 2.24) is 5.32 Å². The van der Waals surface area contributed by atoms with E-state index in [9.17, 15) is 9.59 Å². The van der Waals surface area contributed by atoms with Crippen molar-refractivity contribution >= 4 is 11.9 Å². The average Bonchev–Trinajstić information content (AvgIpc) is 2.89. The molecule has 4 nitrogen and oxygen atoms in total. The van der Waals surface area contributed by atoms with E-state index in [4.69, 9.17) is 5.11 Å². The van der Waals surface area contributed by atoms with Gasteiger partial charge < -0.3 is 10.4 Å². The van der Waals surface area contributed by atoms with Crippen LogP contribution in [-0.4, -0.2) is 23.0 Å². The molecular formula is C15H25NO3. The molecular weight excluding hydrogens is 242 g/mol. The molecule has 1 amide bonds. The van der Waals surface area contributed by atoms with Crippen molar-refractivity contribution in [2.24, 2.45) is 17.8 Å². The Morgan fingerprint density at radius 2 is 1.68 bits per heavy atom. The number of carbonyl (C=O) groups is 2. The standard InChI is InChI=1S/C15H25NO3/c1-10(11-5-3-2-4-6-11)16-14(17)12-7-8-13(9-12)15(18)19/h10-13H,2-9H2,1H3,(H,16,17)(H,18,19). The molecule has 2 N–H and O–H groups in total. The van der Waals surface area contributed by atoms with Crippen LogP contribution in [0.3, 0.4) is 0 Å². The van der Waals surface area contributed by atoms with Gasteiger partial charge in [-0.15, -0.1) is 0 Å². The molecule has 2 saturated carbocycles. The second-order valence-electron chi connectivity index (χ2n) is 6.24. The summed E-state index contributed by atoms with van der Waals surface area (Å²) in [5.74, 6) is -0.486. The molecule has 0 saturated heterocycles. The highest BCUT2D eigenvalue weighted by atomic mass is 16.4. The van der Waals surface area contributed by atoms with Crippen LogP contribution in [0.4, 0.5) is 0 Å². The minimum atomic E-state index is -0.754. The van der Waals surface area contributed by atoms with Gasteiger partial charge in [-0.3, -0.25) is 9.59 Å². The van der Waals surface area contributed by atoms with Gasteiger partial charge in [0, 0.05) is 12.0 Å². The predicted octanol–water partition coefficient (Wildman–Crippen LogP) is 2.57. The Hall–Kier alpha value is -1.06. The average molecular weight is 267 g/mol. The van der Waals surface area contributed by atoms with Gasteiger partial charge in [-0.1, -0.05) is 19.3 Å². The minimum Gasteiger partial charge on any atom is -0.481 e. The molecule has 0 aromatic heterocycles. The maximum Gasteiger partial charge on any atom is 0.306 e. The van der Waals surface area contributed by atoms with Crippen LogP contribution >= 0.6 is 0 Å². The zero-order valence-electron chi connectivity index (χ0n) is 11.7. The second kappa shape index (κ2) is 6.40. The highest BCUT2D eigenvalue weighted by Gasteiger charge is 2.34. The first-order valence-electron chi connectivity index (χ1n) is 7.61. The first-order chi connectivity index (χ1) is 9.08. The number of aliphatic carboxylic acids is 1. The Morgan fingerprint density at radius 3 is 2.26 bits per heavy atom. The number of nitrogens with one attached hydrogen (secondary N) is 1. The lowest BCUT2D eigenvalue weighted by atomic mass is 9.84. The Balaban J connectivity index is 1.79. The molecule has 2 rings (SSSR count). The van der Waals surface area contributed by atoms with Crippen LogP contribution < -0.4 is 5.32 Å². The zero-order chi connectivity index (χ0) is 13.8. The molecule has 0 aromatic rings. The molecule has 0 aromatic carbocycles. The minimum absolute atomic E-state index is 0.0711. The highest BCUT2D eigenvalue weighted by Crippen LogP contribution is 2.32. The van der Waals surface area contributed by atoms with E-state index in [1.807, 2.05) is 0 Å². The monoisotopic (exact) mass is 267 g/mol. The Kier molecular flexibility index (Phi) is 4.83. The molecule has 19 heavy (non-hydrogen) atoms. The van der Waals surface area contributed by atoms with Gasteiger partial charge in [0.2, 0.25) is 5.91 Å². The Bertz CT molecular complexity index is 336. The second-order valence-corrected chi connectivity index (χ2v) is 6.24. The van der Waals surface area contributed by atoms with E-state index < -0.39 is 5.97 Å². The Labute approximate surface area is 115 Å². The van der Waals surface area contributed by atoms with E-state index in [2.05, 4.69) is 12.2 Å². The first-order valence-corrected chi connectivity index (χ1v) is 7.61. The zero-order valence-corrected chi connectivity index (χ0v) is 11.7. The summed E-state index contributed by atoms with van der Waals surface area (Å²) in [6.45, 7) is 2.09. The fourth-order valence-corrected chi connectivity index (χ4v) is 3.54. The molecule has 0 heterocycles. The SMILES string of the molecule is CC(NC(=O)C1CCC(C(=O)O)C1)C1CCCCC1. The summed E-state index contributed by atoms with van der Waals surface area (Å²) in [6, 6.07) is 0.233. The van der Waals surface area contributed by atoms with Gasteiger partial charge in [0.15, 0.2) is 0 Å². The van der Waals surface area contributed by atoms with E-state index in [1.165, 1.54) is 32.1 Å². The van der Waals surface area contributed by atoms with Gasteiger partial charge in [-0.05, 0) is 44.9 Å². The van der Waals surface area contributed by atoms with Crippen LogP contribution in [0.15, 0.2) is 0 Å². The summed E-state index contributed by atoms with van der Waals surface area (Å²) in [4.78, 5) is 23.1.